The average Bonchev–Trinajstić information content (AvgIpc) is 2.54. The summed E-state index contributed by atoms with van der Waals surface area (Å²) in [6.45, 7) is 5.57. The molecule has 6 nitrogen and oxygen atoms in total. The third-order valence-corrected chi connectivity index (χ3v) is 4.82. The normalized spacial score (nSPS) is 20.6. The largest absolute Gasteiger partial charge is 0.481 e. The lowest BCUT2D eigenvalue weighted by atomic mass is 9.86. The van der Waals surface area contributed by atoms with Gasteiger partial charge in [0.2, 0.25) is 0 Å². The Morgan fingerprint density at radius 1 is 1.15 bits per heavy atom. The van der Waals surface area contributed by atoms with E-state index >= 15 is 0 Å². The Kier molecular flexibility index (Phi) is 7.03. The molecule has 2 amide bonds. The molecule has 1 aromatic rings. The van der Waals surface area contributed by atoms with E-state index in [0.29, 0.717) is 12.8 Å². The van der Waals surface area contributed by atoms with Crippen LogP contribution < -0.4 is 10.6 Å². The molecule has 1 saturated carbocycles. The highest BCUT2D eigenvalue weighted by atomic mass is 16.4. The number of rotatable bonds is 7. The molecule has 2 rings (SSSR count). The van der Waals surface area contributed by atoms with Gasteiger partial charge in [0.1, 0.15) is 0 Å². The highest BCUT2D eigenvalue weighted by Crippen LogP contribution is 2.24. The van der Waals surface area contributed by atoms with Gasteiger partial charge < -0.3 is 15.7 Å². The van der Waals surface area contributed by atoms with E-state index in [1.54, 1.807) is 0 Å². The highest BCUT2D eigenvalue weighted by molar-refractivity contribution is 5.75. The number of aliphatic carboxylic acids is 1. The van der Waals surface area contributed by atoms with Gasteiger partial charge in [-0.15, -0.1) is 0 Å². The number of carbonyl (C=O) groups is 2. The average molecular weight is 361 g/mol. The van der Waals surface area contributed by atoms with Gasteiger partial charge in [0, 0.05) is 24.7 Å². The van der Waals surface area contributed by atoms with E-state index in [1.807, 2.05) is 39.1 Å². The number of carboxylic acid groups (broad SMARTS) is 1. The zero-order chi connectivity index (χ0) is 19.2. The highest BCUT2D eigenvalue weighted by Gasteiger charge is 2.28. The number of hydrogen-bond acceptors (Lipinski definition) is 3. The molecule has 0 heterocycles. The molecule has 0 radical (unpaired) electrons. The van der Waals surface area contributed by atoms with Gasteiger partial charge in [-0.05, 0) is 52.1 Å². The first kappa shape index (κ1) is 20.2. The molecule has 0 unspecified atom stereocenters. The Labute approximate surface area is 156 Å². The van der Waals surface area contributed by atoms with E-state index < -0.39 is 5.97 Å². The maximum atomic E-state index is 12.3. The second-order valence-electron chi connectivity index (χ2n) is 8.03. The monoisotopic (exact) mass is 361 g/mol. The van der Waals surface area contributed by atoms with E-state index in [4.69, 9.17) is 5.11 Å². The fourth-order valence-electron chi connectivity index (χ4n) is 3.68. The fraction of sp³-hybridized carbons (Fsp3) is 0.600. The predicted molar refractivity (Wildman–Crippen MR) is 102 cm³/mol. The maximum absolute atomic E-state index is 12.3. The van der Waals surface area contributed by atoms with Gasteiger partial charge in [0.15, 0.2) is 0 Å². The third kappa shape index (κ3) is 6.67. The Hall–Kier alpha value is -2.08. The SMILES string of the molecule is CN(Cc1ccccc1)CC(C)(C)NC(=O)NC1CCC(C(=O)O)CC1. The van der Waals surface area contributed by atoms with Crippen LogP contribution in [0.3, 0.4) is 0 Å². The molecule has 1 aromatic carbocycles. The molecule has 0 spiro atoms. The summed E-state index contributed by atoms with van der Waals surface area (Å²) >= 11 is 0. The van der Waals surface area contributed by atoms with Crippen molar-refractivity contribution in [3.05, 3.63) is 35.9 Å². The number of hydrogen-bond donors (Lipinski definition) is 3. The topological polar surface area (TPSA) is 81.7 Å². The van der Waals surface area contributed by atoms with Crippen LogP contribution in [-0.4, -0.2) is 47.2 Å². The lowest BCUT2D eigenvalue weighted by molar-refractivity contribution is -0.142. The van der Waals surface area contributed by atoms with Crippen LogP contribution in [0.15, 0.2) is 30.3 Å². The first-order valence-corrected chi connectivity index (χ1v) is 9.29. The smallest absolute Gasteiger partial charge is 0.315 e. The van der Waals surface area contributed by atoms with Crippen molar-refractivity contribution < 1.29 is 14.7 Å². The van der Waals surface area contributed by atoms with Crippen molar-refractivity contribution in [3.63, 3.8) is 0 Å². The van der Waals surface area contributed by atoms with Crippen LogP contribution in [0.5, 0.6) is 0 Å². The van der Waals surface area contributed by atoms with Gasteiger partial charge in [-0.1, -0.05) is 30.3 Å². The molecule has 1 aliphatic carbocycles. The first-order chi connectivity index (χ1) is 12.2. The summed E-state index contributed by atoms with van der Waals surface area (Å²) in [5.74, 6) is -0.991. The minimum atomic E-state index is -0.726. The fourth-order valence-corrected chi connectivity index (χ4v) is 3.68. The van der Waals surface area contributed by atoms with Crippen LogP contribution in [0.1, 0.15) is 45.1 Å². The van der Waals surface area contributed by atoms with Crippen molar-refractivity contribution in [1.82, 2.24) is 15.5 Å². The number of urea groups is 1. The van der Waals surface area contributed by atoms with Crippen LogP contribution in [0.4, 0.5) is 4.79 Å². The Bertz CT molecular complexity index is 596. The van der Waals surface area contributed by atoms with Crippen LogP contribution >= 0.6 is 0 Å². The van der Waals surface area contributed by atoms with Gasteiger partial charge >= 0.3 is 12.0 Å². The second kappa shape index (κ2) is 9.03. The number of nitrogens with zero attached hydrogens (tertiary/aromatic N) is 1. The molecule has 0 aliphatic heterocycles. The van der Waals surface area contributed by atoms with Gasteiger partial charge in [-0.3, -0.25) is 9.69 Å². The summed E-state index contributed by atoms with van der Waals surface area (Å²) in [5, 5.41) is 15.1. The molecule has 6 heteroatoms. The van der Waals surface area contributed by atoms with E-state index in [-0.39, 0.29) is 23.5 Å². The molecular formula is C20H31N3O3. The van der Waals surface area contributed by atoms with E-state index in [2.05, 4.69) is 27.7 Å². The molecule has 26 heavy (non-hydrogen) atoms. The lowest BCUT2D eigenvalue weighted by Gasteiger charge is -2.33. The quantitative estimate of drug-likeness (QED) is 0.697. The zero-order valence-electron chi connectivity index (χ0n) is 16.0. The van der Waals surface area contributed by atoms with Crippen molar-refractivity contribution >= 4 is 12.0 Å². The second-order valence-corrected chi connectivity index (χ2v) is 8.03. The standard InChI is InChI=1S/C20H31N3O3/c1-20(2,14-23(3)13-15-7-5-4-6-8-15)22-19(26)21-17-11-9-16(10-12-17)18(24)25/h4-8,16-17H,9-14H2,1-3H3,(H,24,25)(H2,21,22,26). The molecule has 0 bridgehead atoms. The zero-order valence-corrected chi connectivity index (χ0v) is 16.0. The summed E-state index contributed by atoms with van der Waals surface area (Å²) in [6, 6.07) is 10.1. The van der Waals surface area contributed by atoms with Gasteiger partial charge in [-0.25, -0.2) is 4.79 Å². The van der Waals surface area contributed by atoms with Crippen LogP contribution in [0, 0.1) is 5.92 Å². The van der Waals surface area contributed by atoms with E-state index in [0.717, 1.165) is 25.9 Å². The number of likely N-dealkylation sites (N-methyl/N-ethyl adjacent to an activating group) is 1. The van der Waals surface area contributed by atoms with Crippen molar-refractivity contribution in [2.45, 2.75) is 57.7 Å². The molecule has 1 aliphatic rings. The third-order valence-electron chi connectivity index (χ3n) is 4.82. The summed E-state index contributed by atoms with van der Waals surface area (Å²) in [6.07, 6.45) is 2.70. The molecule has 0 saturated heterocycles. The molecular weight excluding hydrogens is 330 g/mol. The van der Waals surface area contributed by atoms with Gasteiger partial charge in [0.05, 0.1) is 5.92 Å². The predicted octanol–water partition coefficient (Wildman–Crippen LogP) is 2.84. The number of amides is 2. The summed E-state index contributed by atoms with van der Waals surface area (Å²) in [7, 11) is 2.04. The first-order valence-electron chi connectivity index (χ1n) is 9.29. The molecule has 3 N–H and O–H groups in total. The van der Waals surface area contributed by atoms with E-state index in [1.165, 1.54) is 5.56 Å². The molecule has 0 atom stereocenters. The van der Waals surface area contributed by atoms with E-state index in [9.17, 15) is 9.59 Å². The molecule has 0 aromatic heterocycles. The maximum Gasteiger partial charge on any atom is 0.315 e. The Balaban J connectivity index is 1.75. The number of carbonyl (C=O) groups excluding carboxylic acids is 1. The lowest BCUT2D eigenvalue weighted by Crippen LogP contribution is -2.55. The number of nitrogens with one attached hydrogen (secondary N) is 2. The summed E-state index contributed by atoms with van der Waals surface area (Å²) in [4.78, 5) is 25.5. The van der Waals surface area contributed by atoms with Crippen molar-refractivity contribution in [3.8, 4) is 0 Å². The molecule has 1 fully saturated rings. The minimum absolute atomic E-state index is 0.0587. The Morgan fingerprint density at radius 2 is 1.77 bits per heavy atom. The van der Waals surface area contributed by atoms with Crippen LogP contribution in [-0.2, 0) is 11.3 Å². The number of benzene rings is 1. The number of carboxylic acids is 1. The van der Waals surface area contributed by atoms with Gasteiger partial charge in [-0.2, -0.15) is 0 Å². The van der Waals surface area contributed by atoms with Crippen molar-refractivity contribution in [2.24, 2.45) is 5.92 Å². The van der Waals surface area contributed by atoms with Crippen molar-refractivity contribution in [1.29, 1.82) is 0 Å². The Morgan fingerprint density at radius 3 is 2.35 bits per heavy atom. The molecule has 144 valence electrons. The minimum Gasteiger partial charge on any atom is -0.481 e. The van der Waals surface area contributed by atoms with Crippen molar-refractivity contribution in [2.75, 3.05) is 13.6 Å². The van der Waals surface area contributed by atoms with Crippen LogP contribution in [0.25, 0.3) is 0 Å². The summed E-state index contributed by atoms with van der Waals surface area (Å²) in [5.41, 5.74) is 0.872. The summed E-state index contributed by atoms with van der Waals surface area (Å²) < 4.78 is 0. The van der Waals surface area contributed by atoms with Crippen LogP contribution in [0.2, 0.25) is 0 Å². The van der Waals surface area contributed by atoms with Gasteiger partial charge in [0.25, 0.3) is 0 Å².